The fourth-order valence-electron chi connectivity index (χ4n) is 3.86. The van der Waals surface area contributed by atoms with E-state index in [0.717, 1.165) is 29.7 Å². The maximum absolute atomic E-state index is 11.6. The minimum atomic E-state index is -0.136. The van der Waals surface area contributed by atoms with Crippen LogP contribution in [0.4, 0.5) is 0 Å². The summed E-state index contributed by atoms with van der Waals surface area (Å²) in [6.07, 6.45) is 7.55. The molecule has 0 spiro atoms. The van der Waals surface area contributed by atoms with Crippen molar-refractivity contribution in [2.24, 2.45) is 13.0 Å². The molecule has 2 aromatic heterocycles. The maximum Gasteiger partial charge on any atom is 0.343 e. The number of benzene rings is 1. The lowest BCUT2D eigenvalue weighted by molar-refractivity contribution is 0.255. The van der Waals surface area contributed by atoms with Gasteiger partial charge in [-0.15, -0.1) is 0 Å². The normalized spacial score (nSPS) is 21.0. The van der Waals surface area contributed by atoms with Crippen LogP contribution in [0.15, 0.2) is 29.2 Å². The molecule has 7 nitrogen and oxygen atoms in total. The molecule has 2 heterocycles. The molecule has 0 unspecified atom stereocenters. The fourth-order valence-corrected chi connectivity index (χ4v) is 3.86. The second kappa shape index (κ2) is 6.84. The Balaban J connectivity index is 1.43. The zero-order valence-electron chi connectivity index (χ0n) is 14.5. The van der Waals surface area contributed by atoms with E-state index in [1.807, 2.05) is 6.20 Å². The van der Waals surface area contributed by atoms with Gasteiger partial charge in [-0.1, -0.05) is 25.0 Å². The summed E-state index contributed by atoms with van der Waals surface area (Å²) in [5.74, 6) is 1.36. The molecule has 132 valence electrons. The number of hydrogen-bond acceptors (Lipinski definition) is 4. The van der Waals surface area contributed by atoms with Gasteiger partial charge in [0.05, 0.1) is 11.7 Å². The van der Waals surface area contributed by atoms with Crippen LogP contribution in [0.5, 0.6) is 0 Å². The molecular weight excluding hydrogens is 316 g/mol. The molecule has 0 saturated heterocycles. The second-order valence-corrected chi connectivity index (χ2v) is 7.03. The van der Waals surface area contributed by atoms with Crippen molar-refractivity contribution in [1.29, 1.82) is 0 Å². The minimum Gasteiger partial charge on any atom is -0.310 e. The quantitative estimate of drug-likeness (QED) is 0.661. The van der Waals surface area contributed by atoms with Crippen molar-refractivity contribution in [3.8, 4) is 0 Å². The van der Waals surface area contributed by atoms with Crippen LogP contribution in [0.3, 0.4) is 0 Å². The Morgan fingerprint density at radius 2 is 2.16 bits per heavy atom. The third-order valence-electron chi connectivity index (χ3n) is 5.40. The summed E-state index contributed by atoms with van der Waals surface area (Å²) in [5, 5.41) is 18.7. The van der Waals surface area contributed by atoms with E-state index in [1.54, 1.807) is 11.6 Å². The number of rotatable bonds is 5. The highest BCUT2D eigenvalue weighted by Gasteiger charge is 2.26. The summed E-state index contributed by atoms with van der Waals surface area (Å²) < 4.78 is 1.62. The molecule has 1 aliphatic rings. The van der Waals surface area contributed by atoms with Gasteiger partial charge in [0, 0.05) is 31.4 Å². The third-order valence-corrected chi connectivity index (χ3v) is 5.40. The number of aromatic amines is 2. The smallest absolute Gasteiger partial charge is 0.310 e. The predicted molar refractivity (Wildman–Crippen MR) is 96.2 cm³/mol. The zero-order chi connectivity index (χ0) is 17.2. The van der Waals surface area contributed by atoms with Crippen LogP contribution < -0.4 is 11.0 Å². The average molecular weight is 340 g/mol. The SMILES string of the molecule is Cn1c(C[C@@H]2CCCC[C@@H]2NCc2ccc3cn[nH]c3c2)n[nH]c1=O. The van der Waals surface area contributed by atoms with E-state index in [1.165, 1.54) is 31.2 Å². The molecular formula is C18H24N6O. The summed E-state index contributed by atoms with van der Waals surface area (Å²) in [6, 6.07) is 6.87. The molecule has 1 aliphatic carbocycles. The Hall–Kier alpha value is -2.41. The van der Waals surface area contributed by atoms with E-state index in [-0.39, 0.29) is 5.69 Å². The molecule has 0 radical (unpaired) electrons. The molecule has 3 aromatic rings. The lowest BCUT2D eigenvalue weighted by Gasteiger charge is -2.32. The first-order valence-electron chi connectivity index (χ1n) is 8.96. The molecule has 1 fully saturated rings. The molecule has 0 aliphatic heterocycles. The van der Waals surface area contributed by atoms with Gasteiger partial charge in [0.1, 0.15) is 5.82 Å². The molecule has 4 rings (SSSR count). The monoisotopic (exact) mass is 340 g/mol. The predicted octanol–water partition coefficient (Wildman–Crippen LogP) is 1.88. The lowest BCUT2D eigenvalue weighted by Crippen LogP contribution is -2.39. The van der Waals surface area contributed by atoms with Crippen molar-refractivity contribution < 1.29 is 0 Å². The van der Waals surface area contributed by atoms with Crippen molar-refractivity contribution >= 4 is 10.9 Å². The molecule has 1 saturated carbocycles. The highest BCUT2D eigenvalue weighted by Crippen LogP contribution is 2.27. The van der Waals surface area contributed by atoms with E-state index < -0.39 is 0 Å². The topological polar surface area (TPSA) is 91.4 Å². The molecule has 7 heteroatoms. The van der Waals surface area contributed by atoms with Crippen LogP contribution in [0.1, 0.15) is 37.1 Å². The fraction of sp³-hybridized carbons (Fsp3) is 0.500. The highest BCUT2D eigenvalue weighted by atomic mass is 16.1. The first-order valence-corrected chi connectivity index (χ1v) is 8.96. The molecule has 1 aromatic carbocycles. The summed E-state index contributed by atoms with van der Waals surface area (Å²) in [5.41, 5.74) is 2.20. The number of nitrogens with one attached hydrogen (secondary N) is 3. The Bertz CT molecular complexity index is 908. The summed E-state index contributed by atoms with van der Waals surface area (Å²) in [6.45, 7) is 0.843. The largest absolute Gasteiger partial charge is 0.343 e. The van der Waals surface area contributed by atoms with Crippen molar-refractivity contribution in [2.45, 2.75) is 44.7 Å². The molecule has 0 bridgehead atoms. The van der Waals surface area contributed by atoms with Gasteiger partial charge in [-0.05, 0) is 30.4 Å². The number of fused-ring (bicyclic) bond motifs is 1. The van der Waals surface area contributed by atoms with Crippen LogP contribution >= 0.6 is 0 Å². The van der Waals surface area contributed by atoms with Gasteiger partial charge in [0.2, 0.25) is 0 Å². The average Bonchev–Trinajstić information content (AvgIpc) is 3.22. The van der Waals surface area contributed by atoms with Gasteiger partial charge in [0.25, 0.3) is 0 Å². The Labute approximate surface area is 145 Å². The van der Waals surface area contributed by atoms with Gasteiger partial charge in [-0.2, -0.15) is 10.2 Å². The van der Waals surface area contributed by atoms with Crippen molar-refractivity contribution in [2.75, 3.05) is 0 Å². The van der Waals surface area contributed by atoms with Crippen molar-refractivity contribution in [3.63, 3.8) is 0 Å². The second-order valence-electron chi connectivity index (χ2n) is 7.03. The van der Waals surface area contributed by atoms with E-state index in [9.17, 15) is 4.79 Å². The molecule has 25 heavy (non-hydrogen) atoms. The lowest BCUT2D eigenvalue weighted by atomic mass is 9.82. The van der Waals surface area contributed by atoms with E-state index >= 15 is 0 Å². The molecule has 2 atom stereocenters. The number of H-pyrrole nitrogens is 2. The molecule has 0 amide bonds. The van der Waals surface area contributed by atoms with Crippen molar-refractivity contribution in [3.05, 3.63) is 46.3 Å². The van der Waals surface area contributed by atoms with Crippen molar-refractivity contribution in [1.82, 2.24) is 30.3 Å². The van der Waals surface area contributed by atoms with Gasteiger partial charge in [0.15, 0.2) is 0 Å². The summed E-state index contributed by atoms with van der Waals surface area (Å²) in [4.78, 5) is 11.6. The number of nitrogens with zero attached hydrogens (tertiary/aromatic N) is 3. The van der Waals surface area contributed by atoms with E-state index in [2.05, 4.69) is 43.9 Å². The van der Waals surface area contributed by atoms with Gasteiger partial charge < -0.3 is 5.32 Å². The van der Waals surface area contributed by atoms with Gasteiger partial charge >= 0.3 is 5.69 Å². The minimum absolute atomic E-state index is 0.136. The molecule has 3 N–H and O–H groups in total. The Morgan fingerprint density at radius 3 is 3.00 bits per heavy atom. The van der Waals surface area contributed by atoms with Gasteiger partial charge in [-0.3, -0.25) is 9.67 Å². The van der Waals surface area contributed by atoms with Crippen LogP contribution in [0, 0.1) is 5.92 Å². The number of hydrogen-bond donors (Lipinski definition) is 3. The first kappa shape index (κ1) is 16.1. The van der Waals surface area contributed by atoms with Crippen LogP contribution in [0.2, 0.25) is 0 Å². The number of aromatic nitrogens is 5. The summed E-state index contributed by atoms with van der Waals surface area (Å²) in [7, 11) is 1.78. The van der Waals surface area contributed by atoms with Crippen LogP contribution in [0.25, 0.3) is 10.9 Å². The summed E-state index contributed by atoms with van der Waals surface area (Å²) >= 11 is 0. The third kappa shape index (κ3) is 3.37. The van der Waals surface area contributed by atoms with Crippen LogP contribution in [-0.4, -0.2) is 31.0 Å². The van der Waals surface area contributed by atoms with Gasteiger partial charge in [-0.25, -0.2) is 9.89 Å². The zero-order valence-corrected chi connectivity index (χ0v) is 14.5. The Kier molecular flexibility index (Phi) is 4.40. The first-order chi connectivity index (χ1) is 12.2. The maximum atomic E-state index is 11.6. The van der Waals surface area contributed by atoms with E-state index in [4.69, 9.17) is 0 Å². The van der Waals surface area contributed by atoms with E-state index in [0.29, 0.717) is 12.0 Å². The standard InChI is InChI=1S/C18H24N6O/c1-24-17(22-23-18(24)25)9-13-4-2-3-5-15(13)19-10-12-6-7-14-11-20-21-16(14)8-12/h6-8,11,13,15,19H,2-5,9-10H2,1H3,(H,20,21)(H,23,25)/t13-,15-/m0/s1. The van der Waals surface area contributed by atoms with Crippen LogP contribution in [-0.2, 0) is 20.0 Å². The highest BCUT2D eigenvalue weighted by molar-refractivity contribution is 5.78. The Morgan fingerprint density at radius 1 is 1.28 bits per heavy atom.